The number of aryl methyl sites for hydroxylation is 1. The van der Waals surface area contributed by atoms with Gasteiger partial charge in [-0.3, -0.25) is 4.79 Å². The Balaban J connectivity index is 1.33. The molecule has 2 heterocycles. The Bertz CT molecular complexity index is 1010. The van der Waals surface area contributed by atoms with Crippen LogP contribution in [0.2, 0.25) is 0 Å². The van der Waals surface area contributed by atoms with Crippen molar-refractivity contribution in [2.24, 2.45) is 11.8 Å². The van der Waals surface area contributed by atoms with Crippen molar-refractivity contribution < 1.29 is 13.9 Å². The zero-order valence-electron chi connectivity index (χ0n) is 19.9. The van der Waals surface area contributed by atoms with E-state index in [2.05, 4.69) is 28.4 Å². The molecule has 5 heteroatoms. The molecule has 3 atom stereocenters. The molecule has 2 aromatic rings. The van der Waals surface area contributed by atoms with Gasteiger partial charge in [-0.1, -0.05) is 12.1 Å². The fourth-order valence-corrected chi connectivity index (χ4v) is 6.09. The fourth-order valence-electron chi connectivity index (χ4n) is 6.09. The van der Waals surface area contributed by atoms with Crippen LogP contribution in [0.4, 0.5) is 0 Å². The molecule has 2 saturated carbocycles. The van der Waals surface area contributed by atoms with Gasteiger partial charge in [-0.15, -0.1) is 0 Å². The molecule has 1 N–H and O–H groups in total. The first-order valence-electron chi connectivity index (χ1n) is 12.5. The van der Waals surface area contributed by atoms with Crippen LogP contribution in [0.3, 0.4) is 0 Å². The normalized spacial score (nSPS) is 27.9. The molecule has 5 nitrogen and oxygen atoms in total. The number of nitrogens with one attached hydrogen (secondary N) is 1. The minimum absolute atomic E-state index is 0.0222. The van der Waals surface area contributed by atoms with Crippen molar-refractivity contribution in [3.63, 3.8) is 0 Å². The third kappa shape index (κ3) is 4.89. The molecule has 0 spiro atoms. The predicted octanol–water partition coefficient (Wildman–Crippen LogP) is 4.95. The van der Waals surface area contributed by atoms with Crippen LogP contribution in [-0.4, -0.2) is 43.6 Å². The second-order valence-corrected chi connectivity index (χ2v) is 10.3. The molecular formula is C28H36N2O3. The van der Waals surface area contributed by atoms with Crippen molar-refractivity contribution in [1.82, 2.24) is 10.2 Å². The molecular weight excluding hydrogens is 412 g/mol. The van der Waals surface area contributed by atoms with Gasteiger partial charge in [0, 0.05) is 36.2 Å². The van der Waals surface area contributed by atoms with Crippen molar-refractivity contribution in [3.8, 4) is 5.75 Å². The monoisotopic (exact) mass is 448 g/mol. The first-order valence-corrected chi connectivity index (χ1v) is 12.5. The van der Waals surface area contributed by atoms with E-state index in [1.54, 1.807) is 19.4 Å². The molecule has 176 valence electrons. The van der Waals surface area contributed by atoms with Gasteiger partial charge >= 0.3 is 0 Å². The van der Waals surface area contributed by atoms with E-state index in [1.165, 1.54) is 31.5 Å². The van der Waals surface area contributed by atoms with Crippen LogP contribution in [0.5, 0.6) is 5.75 Å². The average Bonchev–Trinajstić information content (AvgIpc) is 3.55. The summed E-state index contributed by atoms with van der Waals surface area (Å²) in [6.45, 7) is 5.49. The van der Waals surface area contributed by atoms with E-state index in [4.69, 9.17) is 9.15 Å². The number of nitrogens with zero attached hydrogens (tertiary/aromatic N) is 1. The molecule has 1 saturated heterocycles. The molecule has 3 fully saturated rings. The quantitative estimate of drug-likeness (QED) is 0.609. The number of likely N-dealkylation sites (tertiary alicyclic amines) is 1. The van der Waals surface area contributed by atoms with Crippen molar-refractivity contribution in [1.29, 1.82) is 0 Å². The number of carbonyl (C=O) groups excluding carboxylic acids is 1. The number of hydrogen-bond acceptors (Lipinski definition) is 4. The Hall–Kier alpha value is -2.53. The Morgan fingerprint density at radius 3 is 2.91 bits per heavy atom. The van der Waals surface area contributed by atoms with Gasteiger partial charge in [0.1, 0.15) is 11.5 Å². The first kappa shape index (κ1) is 22.3. The number of methoxy groups -OCH3 is 1. The summed E-state index contributed by atoms with van der Waals surface area (Å²) in [4.78, 5) is 15.4. The van der Waals surface area contributed by atoms with E-state index < -0.39 is 0 Å². The third-order valence-electron chi connectivity index (χ3n) is 8.13. The van der Waals surface area contributed by atoms with Crippen LogP contribution < -0.4 is 10.1 Å². The number of piperidine rings is 1. The highest BCUT2D eigenvalue weighted by Gasteiger charge is 2.48. The van der Waals surface area contributed by atoms with Crippen molar-refractivity contribution in [2.45, 2.75) is 56.9 Å². The number of ether oxygens (including phenoxy) is 1. The number of amides is 1. The molecule has 1 aliphatic heterocycles. The van der Waals surface area contributed by atoms with Gasteiger partial charge < -0.3 is 19.4 Å². The van der Waals surface area contributed by atoms with Crippen molar-refractivity contribution >= 4 is 12.0 Å². The van der Waals surface area contributed by atoms with Gasteiger partial charge in [0.05, 0.1) is 13.4 Å². The Labute approximate surface area is 197 Å². The highest BCUT2D eigenvalue weighted by atomic mass is 16.5. The summed E-state index contributed by atoms with van der Waals surface area (Å²) in [5.41, 5.74) is 2.42. The summed E-state index contributed by atoms with van der Waals surface area (Å²) in [6, 6.07) is 10.7. The third-order valence-corrected chi connectivity index (χ3v) is 8.13. The van der Waals surface area contributed by atoms with Crippen LogP contribution >= 0.6 is 0 Å². The second kappa shape index (κ2) is 9.38. The lowest BCUT2D eigenvalue weighted by Gasteiger charge is -2.53. The number of hydrogen-bond donors (Lipinski definition) is 1. The van der Waals surface area contributed by atoms with Crippen molar-refractivity contribution in [3.05, 3.63) is 59.6 Å². The van der Waals surface area contributed by atoms with E-state index in [1.807, 2.05) is 25.1 Å². The number of carbonyl (C=O) groups is 1. The standard InChI is InChI=1S/C28H36N2O3/c1-20-22(12-15-33-20)8-11-27(31)29-25-10-9-24-19-30(18-21-6-7-21)14-13-28(24,17-25)23-4-3-5-26(16-23)32-2/h3-5,8,11-12,15-16,21,24-25H,6-7,9-10,13-14,17-19H2,1-2H3,(H,29,31)/t24-,25-,28+/m1/s1. The lowest BCUT2D eigenvalue weighted by Crippen LogP contribution is -2.56. The average molecular weight is 449 g/mol. The topological polar surface area (TPSA) is 54.7 Å². The minimum atomic E-state index is -0.0222. The molecule has 33 heavy (non-hydrogen) atoms. The Morgan fingerprint density at radius 1 is 1.27 bits per heavy atom. The maximum Gasteiger partial charge on any atom is 0.244 e. The molecule has 1 aromatic heterocycles. The number of benzene rings is 1. The van der Waals surface area contributed by atoms with E-state index in [9.17, 15) is 4.79 Å². The maximum atomic E-state index is 12.7. The van der Waals surface area contributed by atoms with Crippen LogP contribution in [-0.2, 0) is 10.2 Å². The maximum absolute atomic E-state index is 12.7. The fraction of sp³-hybridized carbons (Fsp3) is 0.536. The van der Waals surface area contributed by atoms with E-state index in [0.29, 0.717) is 5.92 Å². The van der Waals surface area contributed by atoms with Gasteiger partial charge in [0.15, 0.2) is 0 Å². The zero-order valence-corrected chi connectivity index (χ0v) is 19.9. The number of fused-ring (bicyclic) bond motifs is 1. The van der Waals surface area contributed by atoms with Crippen molar-refractivity contribution in [2.75, 3.05) is 26.7 Å². The lowest BCUT2D eigenvalue weighted by molar-refractivity contribution is -0.117. The van der Waals surface area contributed by atoms with Gasteiger partial charge in [-0.05, 0) is 93.7 Å². The SMILES string of the molecule is COc1cccc([C@@]23CCN(CC4CC4)C[C@H]2CC[C@@H](NC(=O)C=Cc2ccoc2C)C3)c1. The second-order valence-electron chi connectivity index (χ2n) is 10.3. The Kier molecular flexibility index (Phi) is 6.33. The first-order chi connectivity index (χ1) is 16.1. The van der Waals surface area contributed by atoms with Gasteiger partial charge in [0.25, 0.3) is 0 Å². The number of furan rings is 1. The van der Waals surface area contributed by atoms with Gasteiger partial charge in [-0.2, -0.15) is 0 Å². The highest BCUT2D eigenvalue weighted by Crippen LogP contribution is 2.50. The molecule has 1 amide bonds. The smallest absolute Gasteiger partial charge is 0.244 e. The zero-order chi connectivity index (χ0) is 22.8. The van der Waals surface area contributed by atoms with E-state index >= 15 is 0 Å². The molecule has 0 bridgehead atoms. The summed E-state index contributed by atoms with van der Waals surface area (Å²) in [7, 11) is 1.74. The van der Waals surface area contributed by atoms with Gasteiger partial charge in [0.2, 0.25) is 5.91 Å². The molecule has 2 aliphatic carbocycles. The minimum Gasteiger partial charge on any atom is -0.497 e. The molecule has 0 unspecified atom stereocenters. The summed E-state index contributed by atoms with van der Waals surface area (Å²) in [5, 5.41) is 3.31. The predicted molar refractivity (Wildman–Crippen MR) is 130 cm³/mol. The lowest BCUT2D eigenvalue weighted by atomic mass is 9.58. The summed E-state index contributed by atoms with van der Waals surface area (Å²) in [5.74, 6) is 3.27. The largest absolute Gasteiger partial charge is 0.497 e. The molecule has 1 aromatic carbocycles. The summed E-state index contributed by atoms with van der Waals surface area (Å²) < 4.78 is 10.9. The molecule has 3 aliphatic rings. The van der Waals surface area contributed by atoms with Crippen LogP contribution in [0.15, 0.2) is 47.1 Å². The molecule has 0 radical (unpaired) electrons. The van der Waals surface area contributed by atoms with Crippen LogP contribution in [0.1, 0.15) is 55.4 Å². The molecule has 5 rings (SSSR count). The Morgan fingerprint density at radius 2 is 2.15 bits per heavy atom. The van der Waals surface area contributed by atoms with E-state index in [-0.39, 0.29) is 17.4 Å². The van der Waals surface area contributed by atoms with Crippen LogP contribution in [0, 0.1) is 18.8 Å². The number of rotatable bonds is 7. The summed E-state index contributed by atoms with van der Waals surface area (Å²) >= 11 is 0. The highest BCUT2D eigenvalue weighted by molar-refractivity contribution is 5.92. The van der Waals surface area contributed by atoms with Gasteiger partial charge in [-0.25, -0.2) is 0 Å². The summed E-state index contributed by atoms with van der Waals surface area (Å²) in [6.07, 6.45) is 12.3. The van der Waals surface area contributed by atoms with Crippen LogP contribution in [0.25, 0.3) is 6.08 Å². The van der Waals surface area contributed by atoms with E-state index in [0.717, 1.165) is 55.2 Å².